The van der Waals surface area contributed by atoms with Gasteiger partial charge in [-0.3, -0.25) is 0 Å². The minimum Gasteiger partial charge on any atom is -0.369 e. The second kappa shape index (κ2) is 5.87. The molecule has 5 heteroatoms. The van der Waals surface area contributed by atoms with Gasteiger partial charge >= 0.3 is 0 Å². The predicted molar refractivity (Wildman–Crippen MR) is 78.2 cm³/mol. The monoisotopic (exact) mass is 266 g/mol. The van der Waals surface area contributed by atoms with Crippen LogP contribution in [0, 0.1) is 19.8 Å². The Morgan fingerprint density at radius 2 is 1.83 bits per heavy atom. The SMILES string of the molecule is Cc1ccc(C)c(/C(=N\N=C(N)N)C2CC2)c1.Cl. The molecule has 0 amide bonds. The lowest BCUT2D eigenvalue weighted by atomic mass is 9.99. The standard InChI is InChI=1S/C13H18N4.ClH/c1-8-3-4-9(2)11(7-8)12(10-5-6-10)16-17-13(14)15;/h3-4,7,10H,5-6H2,1-2H3,(H4,14,15,17);1H/b16-12-;. The normalized spacial score (nSPS) is 14.9. The maximum Gasteiger partial charge on any atom is 0.211 e. The lowest BCUT2D eigenvalue weighted by Gasteiger charge is -2.08. The van der Waals surface area contributed by atoms with Gasteiger partial charge in [-0.25, -0.2) is 0 Å². The van der Waals surface area contributed by atoms with Crippen molar-refractivity contribution in [3.8, 4) is 0 Å². The third-order valence-corrected chi connectivity index (χ3v) is 2.91. The van der Waals surface area contributed by atoms with Crippen molar-refractivity contribution in [1.29, 1.82) is 0 Å². The summed E-state index contributed by atoms with van der Waals surface area (Å²) in [6.07, 6.45) is 2.35. The van der Waals surface area contributed by atoms with Crippen molar-refractivity contribution in [2.45, 2.75) is 26.7 Å². The van der Waals surface area contributed by atoms with Crippen LogP contribution in [0.2, 0.25) is 0 Å². The summed E-state index contributed by atoms with van der Waals surface area (Å²) in [4.78, 5) is 0. The highest BCUT2D eigenvalue weighted by Crippen LogP contribution is 2.34. The molecule has 1 aromatic carbocycles. The number of aryl methyl sites for hydroxylation is 2. The van der Waals surface area contributed by atoms with Crippen LogP contribution in [0.4, 0.5) is 0 Å². The van der Waals surface area contributed by atoms with E-state index in [2.05, 4.69) is 42.2 Å². The molecule has 0 atom stereocenters. The molecule has 98 valence electrons. The minimum atomic E-state index is 0. The third kappa shape index (κ3) is 3.47. The highest BCUT2D eigenvalue weighted by atomic mass is 35.5. The molecular weight excluding hydrogens is 248 g/mol. The van der Waals surface area contributed by atoms with Gasteiger partial charge in [0.05, 0.1) is 5.71 Å². The van der Waals surface area contributed by atoms with Gasteiger partial charge in [0.2, 0.25) is 5.96 Å². The molecule has 2 rings (SSSR count). The van der Waals surface area contributed by atoms with Crippen LogP contribution in [0.3, 0.4) is 0 Å². The Hall–Kier alpha value is -1.55. The van der Waals surface area contributed by atoms with Gasteiger partial charge in [0.1, 0.15) is 0 Å². The average Bonchev–Trinajstić information content (AvgIpc) is 3.07. The van der Waals surface area contributed by atoms with Crippen molar-refractivity contribution in [2.24, 2.45) is 27.6 Å². The van der Waals surface area contributed by atoms with Crippen molar-refractivity contribution >= 4 is 24.1 Å². The zero-order valence-electron chi connectivity index (χ0n) is 10.7. The Labute approximate surface area is 114 Å². The number of halogens is 1. The topological polar surface area (TPSA) is 76.8 Å². The quantitative estimate of drug-likeness (QED) is 0.499. The summed E-state index contributed by atoms with van der Waals surface area (Å²) in [5.41, 5.74) is 15.3. The number of nitrogens with two attached hydrogens (primary N) is 2. The van der Waals surface area contributed by atoms with Crippen LogP contribution in [-0.4, -0.2) is 11.7 Å². The maximum atomic E-state index is 5.33. The lowest BCUT2D eigenvalue weighted by molar-refractivity contribution is 1.10. The van der Waals surface area contributed by atoms with Crippen molar-refractivity contribution < 1.29 is 0 Å². The first-order valence-corrected chi connectivity index (χ1v) is 5.82. The molecule has 0 bridgehead atoms. The van der Waals surface area contributed by atoms with E-state index < -0.39 is 0 Å². The minimum absolute atomic E-state index is 0. The van der Waals surface area contributed by atoms with Gasteiger partial charge in [-0.1, -0.05) is 17.7 Å². The number of rotatable bonds is 3. The molecule has 0 saturated heterocycles. The highest BCUT2D eigenvalue weighted by Gasteiger charge is 2.29. The zero-order valence-corrected chi connectivity index (χ0v) is 11.5. The highest BCUT2D eigenvalue weighted by molar-refractivity contribution is 6.05. The molecule has 1 saturated carbocycles. The van der Waals surface area contributed by atoms with E-state index in [1.54, 1.807) is 0 Å². The Morgan fingerprint density at radius 3 is 2.39 bits per heavy atom. The molecular formula is C13H19ClN4. The fraction of sp³-hybridized carbons (Fsp3) is 0.385. The van der Waals surface area contributed by atoms with Crippen LogP contribution in [-0.2, 0) is 0 Å². The molecule has 18 heavy (non-hydrogen) atoms. The largest absolute Gasteiger partial charge is 0.369 e. The Balaban J connectivity index is 0.00000162. The summed E-state index contributed by atoms with van der Waals surface area (Å²) >= 11 is 0. The second-order valence-corrected chi connectivity index (χ2v) is 4.60. The lowest BCUT2D eigenvalue weighted by Crippen LogP contribution is -2.22. The smallest absolute Gasteiger partial charge is 0.211 e. The molecule has 0 heterocycles. The van der Waals surface area contributed by atoms with Gasteiger partial charge in [-0.15, -0.1) is 17.5 Å². The third-order valence-electron chi connectivity index (χ3n) is 2.91. The van der Waals surface area contributed by atoms with Gasteiger partial charge in [0.15, 0.2) is 0 Å². The fourth-order valence-corrected chi connectivity index (χ4v) is 1.84. The Morgan fingerprint density at radius 1 is 1.17 bits per heavy atom. The van der Waals surface area contributed by atoms with Gasteiger partial charge in [-0.2, -0.15) is 5.10 Å². The first kappa shape index (κ1) is 14.5. The molecule has 1 aliphatic rings. The van der Waals surface area contributed by atoms with Crippen LogP contribution in [0.15, 0.2) is 28.4 Å². The predicted octanol–water partition coefficient (Wildman–Crippen LogP) is 2.11. The van der Waals surface area contributed by atoms with Crippen molar-refractivity contribution in [3.63, 3.8) is 0 Å². The van der Waals surface area contributed by atoms with E-state index in [0.29, 0.717) is 5.92 Å². The van der Waals surface area contributed by atoms with Crippen molar-refractivity contribution in [2.75, 3.05) is 0 Å². The van der Waals surface area contributed by atoms with Crippen molar-refractivity contribution in [1.82, 2.24) is 0 Å². The molecule has 0 radical (unpaired) electrons. The van der Waals surface area contributed by atoms with E-state index in [9.17, 15) is 0 Å². The first-order valence-electron chi connectivity index (χ1n) is 5.82. The molecule has 1 aromatic rings. The number of hydrogen-bond acceptors (Lipinski definition) is 2. The van der Waals surface area contributed by atoms with E-state index >= 15 is 0 Å². The molecule has 4 N–H and O–H groups in total. The molecule has 0 aromatic heterocycles. The van der Waals surface area contributed by atoms with Gasteiger partial charge in [-0.05, 0) is 38.3 Å². The molecule has 4 nitrogen and oxygen atoms in total. The van der Waals surface area contributed by atoms with Crippen LogP contribution < -0.4 is 11.5 Å². The summed E-state index contributed by atoms with van der Waals surface area (Å²) in [6.45, 7) is 4.16. The molecule has 0 aliphatic heterocycles. The van der Waals surface area contributed by atoms with Crippen LogP contribution in [0.25, 0.3) is 0 Å². The maximum absolute atomic E-state index is 5.33. The molecule has 0 unspecified atom stereocenters. The summed E-state index contributed by atoms with van der Waals surface area (Å²) in [7, 11) is 0. The number of benzene rings is 1. The van der Waals surface area contributed by atoms with E-state index in [1.807, 2.05) is 0 Å². The summed E-state index contributed by atoms with van der Waals surface area (Å²) in [5, 5.41) is 8.01. The van der Waals surface area contributed by atoms with Crippen LogP contribution in [0.1, 0.15) is 29.5 Å². The molecule has 1 fully saturated rings. The number of guanidine groups is 1. The van der Waals surface area contributed by atoms with E-state index in [0.717, 1.165) is 11.3 Å². The number of hydrogen-bond donors (Lipinski definition) is 2. The van der Waals surface area contributed by atoms with Crippen molar-refractivity contribution in [3.05, 3.63) is 34.9 Å². The number of nitrogens with zero attached hydrogens (tertiary/aromatic N) is 2. The summed E-state index contributed by atoms with van der Waals surface area (Å²) in [6, 6.07) is 6.36. The van der Waals surface area contributed by atoms with E-state index in [1.165, 1.54) is 24.0 Å². The van der Waals surface area contributed by atoms with E-state index in [-0.39, 0.29) is 18.4 Å². The zero-order chi connectivity index (χ0) is 12.4. The summed E-state index contributed by atoms with van der Waals surface area (Å²) in [5.74, 6) is 0.520. The fourth-order valence-electron chi connectivity index (χ4n) is 1.84. The molecule has 1 aliphatic carbocycles. The summed E-state index contributed by atoms with van der Waals surface area (Å²) < 4.78 is 0. The first-order chi connectivity index (χ1) is 8.08. The average molecular weight is 267 g/mol. The van der Waals surface area contributed by atoms with Crippen LogP contribution >= 0.6 is 12.4 Å². The molecule has 0 spiro atoms. The van der Waals surface area contributed by atoms with Gasteiger partial charge in [0.25, 0.3) is 0 Å². The van der Waals surface area contributed by atoms with Gasteiger partial charge in [0, 0.05) is 11.5 Å². The van der Waals surface area contributed by atoms with E-state index in [4.69, 9.17) is 11.5 Å². The van der Waals surface area contributed by atoms with Crippen LogP contribution in [0.5, 0.6) is 0 Å². The second-order valence-electron chi connectivity index (χ2n) is 4.60. The van der Waals surface area contributed by atoms with Gasteiger partial charge < -0.3 is 11.5 Å². The Bertz CT molecular complexity index is 486. The Kier molecular flexibility index (Phi) is 4.73.